The van der Waals surface area contributed by atoms with Gasteiger partial charge < -0.3 is 10.2 Å². The predicted molar refractivity (Wildman–Crippen MR) is 58.4 cm³/mol. The molecule has 1 aliphatic heterocycles. The highest BCUT2D eigenvalue weighted by molar-refractivity contribution is 5.82. The van der Waals surface area contributed by atoms with E-state index in [1.165, 1.54) is 19.3 Å². The lowest BCUT2D eigenvalue weighted by atomic mass is 10.1. The van der Waals surface area contributed by atoms with Crippen LogP contribution in [-0.4, -0.2) is 36.5 Å². The van der Waals surface area contributed by atoms with Crippen LogP contribution in [0.2, 0.25) is 0 Å². The van der Waals surface area contributed by atoms with Gasteiger partial charge in [0.2, 0.25) is 5.91 Å². The van der Waals surface area contributed by atoms with E-state index >= 15 is 0 Å². The van der Waals surface area contributed by atoms with Crippen LogP contribution in [-0.2, 0) is 4.79 Å². The van der Waals surface area contributed by atoms with Crippen molar-refractivity contribution in [3.8, 4) is 0 Å². The van der Waals surface area contributed by atoms with Crippen molar-refractivity contribution in [2.45, 2.75) is 32.2 Å². The van der Waals surface area contributed by atoms with Crippen molar-refractivity contribution in [1.29, 1.82) is 0 Å². The third-order valence-corrected chi connectivity index (χ3v) is 4.37. The SMILES string of the molecule is C[C@H]1CN(C(=O)C2C3CCCC32)CCN1. The van der Waals surface area contributed by atoms with Gasteiger partial charge in [-0.3, -0.25) is 4.79 Å². The fourth-order valence-electron chi connectivity index (χ4n) is 3.53. The first-order chi connectivity index (χ1) is 7.27. The van der Waals surface area contributed by atoms with Crippen molar-refractivity contribution in [2.75, 3.05) is 19.6 Å². The molecule has 3 nitrogen and oxygen atoms in total. The first-order valence-electron chi connectivity index (χ1n) is 6.29. The molecule has 2 saturated carbocycles. The molecule has 0 aromatic carbocycles. The zero-order valence-electron chi connectivity index (χ0n) is 9.41. The lowest BCUT2D eigenvalue weighted by Gasteiger charge is -2.32. The molecule has 3 rings (SSSR count). The number of carbonyl (C=O) groups excluding carboxylic acids is 1. The molecule has 2 aliphatic carbocycles. The molecule has 0 radical (unpaired) electrons. The molecule has 3 heteroatoms. The van der Waals surface area contributed by atoms with Crippen LogP contribution in [0.15, 0.2) is 0 Å². The molecule has 1 N–H and O–H groups in total. The normalized spacial score (nSPS) is 43.9. The molecule has 0 aromatic heterocycles. The number of fused-ring (bicyclic) bond motifs is 1. The Labute approximate surface area is 91.2 Å². The van der Waals surface area contributed by atoms with Crippen LogP contribution in [0.4, 0.5) is 0 Å². The number of carbonyl (C=O) groups is 1. The maximum absolute atomic E-state index is 12.2. The van der Waals surface area contributed by atoms with E-state index in [0.717, 1.165) is 31.5 Å². The molecule has 1 saturated heterocycles. The Balaban J connectivity index is 1.60. The van der Waals surface area contributed by atoms with Gasteiger partial charge in [-0.1, -0.05) is 6.42 Å². The Morgan fingerprint density at radius 1 is 1.33 bits per heavy atom. The topological polar surface area (TPSA) is 32.3 Å². The highest BCUT2D eigenvalue weighted by atomic mass is 16.2. The van der Waals surface area contributed by atoms with Crippen LogP contribution in [0.1, 0.15) is 26.2 Å². The summed E-state index contributed by atoms with van der Waals surface area (Å²) < 4.78 is 0. The molecular weight excluding hydrogens is 188 g/mol. The molecule has 0 spiro atoms. The fraction of sp³-hybridized carbons (Fsp3) is 0.917. The van der Waals surface area contributed by atoms with Gasteiger partial charge in [0, 0.05) is 31.6 Å². The van der Waals surface area contributed by atoms with Crippen LogP contribution in [0.25, 0.3) is 0 Å². The van der Waals surface area contributed by atoms with E-state index in [9.17, 15) is 4.79 Å². The summed E-state index contributed by atoms with van der Waals surface area (Å²) in [4.78, 5) is 14.3. The molecule has 0 bridgehead atoms. The summed E-state index contributed by atoms with van der Waals surface area (Å²) in [5, 5.41) is 3.38. The average molecular weight is 208 g/mol. The smallest absolute Gasteiger partial charge is 0.226 e. The molecule has 1 heterocycles. The van der Waals surface area contributed by atoms with Crippen LogP contribution < -0.4 is 5.32 Å². The van der Waals surface area contributed by atoms with E-state index in [2.05, 4.69) is 17.1 Å². The van der Waals surface area contributed by atoms with Gasteiger partial charge in [-0.25, -0.2) is 0 Å². The molecule has 2 unspecified atom stereocenters. The van der Waals surface area contributed by atoms with Crippen molar-refractivity contribution in [2.24, 2.45) is 17.8 Å². The van der Waals surface area contributed by atoms with Gasteiger partial charge in [0.05, 0.1) is 0 Å². The number of nitrogens with one attached hydrogen (secondary N) is 1. The minimum atomic E-state index is 0.420. The second-order valence-corrected chi connectivity index (χ2v) is 5.42. The predicted octanol–water partition coefficient (Wildman–Crippen LogP) is 0.853. The third-order valence-electron chi connectivity index (χ3n) is 4.37. The summed E-state index contributed by atoms with van der Waals surface area (Å²) in [7, 11) is 0. The molecule has 3 atom stereocenters. The number of hydrogen-bond acceptors (Lipinski definition) is 2. The third kappa shape index (κ3) is 1.57. The zero-order chi connectivity index (χ0) is 10.4. The lowest BCUT2D eigenvalue weighted by molar-refractivity contribution is -0.134. The van der Waals surface area contributed by atoms with E-state index in [4.69, 9.17) is 0 Å². The van der Waals surface area contributed by atoms with Crippen molar-refractivity contribution < 1.29 is 4.79 Å². The molecule has 3 aliphatic rings. The van der Waals surface area contributed by atoms with Crippen LogP contribution >= 0.6 is 0 Å². The Kier molecular flexibility index (Phi) is 2.23. The standard InChI is InChI=1S/C12H20N2O/c1-8-7-14(6-5-13-8)12(15)11-9-3-2-4-10(9)11/h8-11,13H,2-7H2,1H3/t8-,9?,10?,11?/m0/s1. The largest absolute Gasteiger partial charge is 0.340 e. The Bertz CT molecular complexity index is 269. The Hall–Kier alpha value is -0.570. The van der Waals surface area contributed by atoms with Crippen LogP contribution in [0.3, 0.4) is 0 Å². The zero-order valence-corrected chi connectivity index (χ0v) is 9.41. The van der Waals surface area contributed by atoms with Crippen LogP contribution in [0, 0.1) is 17.8 Å². The summed E-state index contributed by atoms with van der Waals surface area (Å²) in [6.45, 7) is 4.95. The minimum Gasteiger partial charge on any atom is -0.340 e. The number of rotatable bonds is 1. The van der Waals surface area contributed by atoms with Gasteiger partial charge >= 0.3 is 0 Å². The molecule has 1 amide bonds. The van der Waals surface area contributed by atoms with Gasteiger partial charge in [0.1, 0.15) is 0 Å². The summed E-state index contributed by atoms with van der Waals surface area (Å²) in [6.07, 6.45) is 3.97. The van der Waals surface area contributed by atoms with Gasteiger partial charge in [-0.2, -0.15) is 0 Å². The average Bonchev–Trinajstić information content (AvgIpc) is 2.70. The first kappa shape index (κ1) is 9.64. The lowest BCUT2D eigenvalue weighted by Crippen LogP contribution is -2.52. The van der Waals surface area contributed by atoms with Gasteiger partial charge in [0.25, 0.3) is 0 Å². The number of nitrogens with zero attached hydrogens (tertiary/aromatic N) is 1. The summed E-state index contributed by atoms with van der Waals surface area (Å²) in [5.74, 6) is 2.41. The van der Waals surface area contributed by atoms with Crippen molar-refractivity contribution >= 4 is 5.91 Å². The van der Waals surface area contributed by atoms with Crippen molar-refractivity contribution in [3.05, 3.63) is 0 Å². The molecule has 84 valence electrons. The summed E-state index contributed by atoms with van der Waals surface area (Å²) in [6, 6.07) is 0.473. The van der Waals surface area contributed by atoms with Gasteiger partial charge in [-0.15, -0.1) is 0 Å². The molecule has 0 aromatic rings. The minimum absolute atomic E-state index is 0.420. The summed E-state index contributed by atoms with van der Waals surface area (Å²) in [5.41, 5.74) is 0. The number of piperazine rings is 1. The highest BCUT2D eigenvalue weighted by Gasteiger charge is 2.57. The second-order valence-electron chi connectivity index (χ2n) is 5.42. The molecule has 3 fully saturated rings. The van der Waals surface area contributed by atoms with Gasteiger partial charge in [-0.05, 0) is 31.6 Å². The van der Waals surface area contributed by atoms with E-state index in [1.54, 1.807) is 0 Å². The summed E-state index contributed by atoms with van der Waals surface area (Å²) >= 11 is 0. The first-order valence-corrected chi connectivity index (χ1v) is 6.29. The maximum Gasteiger partial charge on any atom is 0.226 e. The Morgan fingerprint density at radius 2 is 2.07 bits per heavy atom. The van der Waals surface area contributed by atoms with Gasteiger partial charge in [0.15, 0.2) is 0 Å². The van der Waals surface area contributed by atoms with E-state index in [1.807, 2.05) is 0 Å². The van der Waals surface area contributed by atoms with Crippen molar-refractivity contribution in [1.82, 2.24) is 10.2 Å². The van der Waals surface area contributed by atoms with Crippen molar-refractivity contribution in [3.63, 3.8) is 0 Å². The van der Waals surface area contributed by atoms with E-state index in [-0.39, 0.29) is 0 Å². The van der Waals surface area contributed by atoms with E-state index in [0.29, 0.717) is 17.9 Å². The highest BCUT2D eigenvalue weighted by Crippen LogP contribution is 2.58. The Morgan fingerprint density at radius 3 is 2.73 bits per heavy atom. The molecule has 15 heavy (non-hydrogen) atoms. The monoisotopic (exact) mass is 208 g/mol. The molecular formula is C12H20N2O. The fourth-order valence-corrected chi connectivity index (χ4v) is 3.53. The van der Waals surface area contributed by atoms with Crippen LogP contribution in [0.5, 0.6) is 0 Å². The number of amides is 1. The van der Waals surface area contributed by atoms with E-state index < -0.39 is 0 Å². The number of hydrogen-bond donors (Lipinski definition) is 1. The maximum atomic E-state index is 12.2. The quantitative estimate of drug-likeness (QED) is 0.693. The second kappa shape index (κ2) is 3.48.